The zero-order chi connectivity index (χ0) is 11.9. The summed E-state index contributed by atoms with van der Waals surface area (Å²) in [5, 5.41) is 12.5. The van der Waals surface area contributed by atoms with Gasteiger partial charge in [-0.05, 0) is 19.4 Å². The second-order valence-corrected chi connectivity index (χ2v) is 4.14. The highest BCUT2D eigenvalue weighted by Gasteiger charge is 2.57. The Morgan fingerprint density at radius 2 is 2.06 bits per heavy atom. The predicted molar refractivity (Wildman–Crippen MR) is 48.7 cm³/mol. The van der Waals surface area contributed by atoms with Gasteiger partial charge in [0.05, 0.1) is 0 Å². The minimum Gasteiger partial charge on any atom is -0.384 e. The minimum atomic E-state index is -1.69. The molecular weight excluding hydrogens is 221 g/mol. The first-order valence-electron chi connectivity index (χ1n) is 4.82. The predicted octanol–water partition coefficient (Wildman–Crippen LogP) is 0.830. The molecular formula is C8H12FN3O4. The van der Waals surface area contributed by atoms with E-state index >= 15 is 0 Å². The van der Waals surface area contributed by atoms with Gasteiger partial charge < -0.3 is 19.3 Å². The quantitative estimate of drug-likeness (QED) is 0.434. The van der Waals surface area contributed by atoms with Gasteiger partial charge >= 0.3 is 0 Å². The van der Waals surface area contributed by atoms with Gasteiger partial charge in [0.1, 0.15) is 18.3 Å². The van der Waals surface area contributed by atoms with E-state index in [1.54, 1.807) is 13.8 Å². The molecule has 0 aliphatic carbocycles. The normalized spacial score (nSPS) is 42.5. The Hall–Kier alpha value is -0.920. The highest BCUT2D eigenvalue weighted by molar-refractivity contribution is 4.96. The van der Waals surface area contributed by atoms with Crippen molar-refractivity contribution in [2.45, 2.75) is 50.5 Å². The summed E-state index contributed by atoms with van der Waals surface area (Å²) >= 11 is 0. The van der Waals surface area contributed by atoms with Crippen LogP contribution in [0.3, 0.4) is 0 Å². The molecule has 2 saturated heterocycles. The van der Waals surface area contributed by atoms with Crippen molar-refractivity contribution in [1.82, 2.24) is 0 Å². The highest BCUT2D eigenvalue weighted by Crippen LogP contribution is 2.40. The van der Waals surface area contributed by atoms with Crippen LogP contribution in [0, 0.1) is 0 Å². The lowest BCUT2D eigenvalue weighted by atomic mass is 10.1. The molecule has 0 aromatic heterocycles. The molecule has 2 unspecified atom stereocenters. The summed E-state index contributed by atoms with van der Waals surface area (Å²) in [5.41, 5.74) is 8.18. The summed E-state index contributed by atoms with van der Waals surface area (Å²) in [6.07, 6.45) is -5.90. The third-order valence-electron chi connectivity index (χ3n) is 2.50. The Balaban J connectivity index is 2.16. The highest BCUT2D eigenvalue weighted by atomic mass is 19.1. The van der Waals surface area contributed by atoms with Crippen molar-refractivity contribution in [2.24, 2.45) is 5.11 Å². The number of aliphatic hydroxyl groups is 1. The van der Waals surface area contributed by atoms with E-state index in [9.17, 15) is 9.50 Å². The van der Waals surface area contributed by atoms with E-state index in [1.807, 2.05) is 0 Å². The molecule has 16 heavy (non-hydrogen) atoms. The van der Waals surface area contributed by atoms with Gasteiger partial charge in [-0.2, -0.15) is 0 Å². The maximum atomic E-state index is 13.4. The second kappa shape index (κ2) is 3.83. The van der Waals surface area contributed by atoms with E-state index in [2.05, 4.69) is 10.0 Å². The van der Waals surface area contributed by atoms with E-state index < -0.39 is 36.7 Å². The van der Waals surface area contributed by atoms with Crippen molar-refractivity contribution in [1.29, 1.82) is 0 Å². The maximum Gasteiger partial charge on any atom is 0.228 e. The molecule has 8 heteroatoms. The summed E-state index contributed by atoms with van der Waals surface area (Å²) < 4.78 is 28.9. The number of rotatable bonds is 2. The standard InChI is InChI=1S/C8H12FN3O4/c1-8(2)15-3-4(16-8)6(9)14-5(3)7(13)11-12-10/h3-7,13H,1-2H3/t3-,4+,5-,6?,7?/m0/s1. The Kier molecular flexibility index (Phi) is 2.77. The number of nitrogens with zero attached hydrogens (tertiary/aromatic N) is 3. The molecule has 2 fully saturated rings. The molecule has 0 aromatic carbocycles. The number of halogens is 1. The topological polar surface area (TPSA) is 96.7 Å². The lowest BCUT2D eigenvalue weighted by Crippen LogP contribution is -2.37. The molecule has 0 saturated carbocycles. The van der Waals surface area contributed by atoms with Crippen LogP contribution in [0.15, 0.2) is 5.11 Å². The summed E-state index contributed by atoms with van der Waals surface area (Å²) in [5.74, 6) is -0.933. The largest absolute Gasteiger partial charge is 0.384 e. The van der Waals surface area contributed by atoms with Gasteiger partial charge in [-0.25, -0.2) is 4.39 Å². The van der Waals surface area contributed by atoms with Crippen LogP contribution in [-0.4, -0.2) is 41.8 Å². The summed E-state index contributed by atoms with van der Waals surface area (Å²) in [7, 11) is 0. The van der Waals surface area contributed by atoms with E-state index in [-0.39, 0.29) is 0 Å². The van der Waals surface area contributed by atoms with Gasteiger partial charge in [0.2, 0.25) is 6.36 Å². The summed E-state index contributed by atoms with van der Waals surface area (Å²) in [6, 6.07) is 0. The Bertz CT molecular complexity index is 333. The molecule has 0 amide bonds. The molecule has 1 N–H and O–H groups in total. The second-order valence-electron chi connectivity index (χ2n) is 4.14. The van der Waals surface area contributed by atoms with Crippen LogP contribution in [0.5, 0.6) is 0 Å². The van der Waals surface area contributed by atoms with Gasteiger partial charge in [0.25, 0.3) is 0 Å². The molecule has 0 aromatic rings. The van der Waals surface area contributed by atoms with Crippen LogP contribution in [0.4, 0.5) is 4.39 Å². The van der Waals surface area contributed by atoms with Gasteiger partial charge in [-0.15, -0.1) is 0 Å². The summed E-state index contributed by atoms with van der Waals surface area (Å²) in [6.45, 7) is 3.27. The smallest absolute Gasteiger partial charge is 0.228 e. The van der Waals surface area contributed by atoms with Crippen LogP contribution in [-0.2, 0) is 14.2 Å². The van der Waals surface area contributed by atoms with Crippen LogP contribution < -0.4 is 0 Å². The van der Waals surface area contributed by atoms with E-state index in [0.717, 1.165) is 0 Å². The first kappa shape index (κ1) is 11.6. The molecule has 2 heterocycles. The van der Waals surface area contributed by atoms with Gasteiger partial charge in [0.15, 0.2) is 12.0 Å². The molecule has 0 spiro atoms. The van der Waals surface area contributed by atoms with E-state index in [4.69, 9.17) is 19.7 Å². The van der Waals surface area contributed by atoms with Gasteiger partial charge in [-0.3, -0.25) is 0 Å². The van der Waals surface area contributed by atoms with Gasteiger partial charge in [0, 0.05) is 4.91 Å². The monoisotopic (exact) mass is 233 g/mol. The fourth-order valence-electron chi connectivity index (χ4n) is 1.94. The Labute approximate surface area is 90.7 Å². The van der Waals surface area contributed by atoms with Crippen molar-refractivity contribution in [3.05, 3.63) is 10.4 Å². The molecule has 0 radical (unpaired) electrons. The lowest BCUT2D eigenvalue weighted by molar-refractivity contribution is -0.213. The molecule has 7 nitrogen and oxygen atoms in total. The van der Waals surface area contributed by atoms with Crippen molar-refractivity contribution < 1.29 is 23.7 Å². The number of hydrogen-bond acceptors (Lipinski definition) is 5. The van der Waals surface area contributed by atoms with E-state index in [1.165, 1.54) is 0 Å². The first-order valence-corrected chi connectivity index (χ1v) is 4.82. The average molecular weight is 233 g/mol. The van der Waals surface area contributed by atoms with Gasteiger partial charge in [-0.1, -0.05) is 5.11 Å². The zero-order valence-corrected chi connectivity index (χ0v) is 8.78. The third-order valence-corrected chi connectivity index (χ3v) is 2.50. The van der Waals surface area contributed by atoms with Crippen molar-refractivity contribution in [3.8, 4) is 0 Å². The zero-order valence-electron chi connectivity index (χ0n) is 8.78. The number of fused-ring (bicyclic) bond motifs is 1. The molecule has 0 bridgehead atoms. The fourth-order valence-corrected chi connectivity index (χ4v) is 1.94. The van der Waals surface area contributed by atoms with Crippen molar-refractivity contribution in [3.63, 3.8) is 0 Å². The number of azide groups is 1. The first-order chi connectivity index (χ1) is 7.44. The molecule has 2 rings (SSSR count). The van der Waals surface area contributed by atoms with Crippen molar-refractivity contribution >= 4 is 0 Å². The van der Waals surface area contributed by atoms with Crippen LogP contribution in [0.2, 0.25) is 0 Å². The van der Waals surface area contributed by atoms with Crippen molar-refractivity contribution in [2.75, 3.05) is 0 Å². The summed E-state index contributed by atoms with van der Waals surface area (Å²) in [4.78, 5) is 2.43. The fraction of sp³-hybridized carbons (Fsp3) is 1.00. The minimum absolute atomic E-state index is 0.773. The number of aliphatic hydroxyl groups excluding tert-OH is 1. The number of alkyl halides is 1. The Morgan fingerprint density at radius 1 is 1.44 bits per heavy atom. The van der Waals surface area contributed by atoms with E-state index in [0.29, 0.717) is 0 Å². The molecule has 2 aliphatic heterocycles. The maximum absolute atomic E-state index is 13.4. The lowest BCUT2D eigenvalue weighted by Gasteiger charge is -2.23. The van der Waals surface area contributed by atoms with Crippen LogP contribution in [0.1, 0.15) is 13.8 Å². The average Bonchev–Trinajstić information content (AvgIpc) is 2.62. The molecule has 90 valence electrons. The molecule has 2 aliphatic rings. The number of ether oxygens (including phenoxy) is 3. The third kappa shape index (κ3) is 1.85. The van der Waals surface area contributed by atoms with Crippen LogP contribution >= 0.6 is 0 Å². The van der Waals surface area contributed by atoms with Crippen LogP contribution in [0.25, 0.3) is 10.4 Å². The Morgan fingerprint density at radius 3 is 2.69 bits per heavy atom. The SMILES string of the molecule is CC1(C)O[C@@H]2[C@@H](C(O)N=[N+]=[N-])OC(F)[C@@H]2O1. The number of hydrogen-bond donors (Lipinski definition) is 1. The molecule has 5 atom stereocenters.